The van der Waals surface area contributed by atoms with Gasteiger partial charge in [-0.1, -0.05) is 0 Å². The summed E-state index contributed by atoms with van der Waals surface area (Å²) in [7, 11) is 3.40. The van der Waals surface area contributed by atoms with Crippen molar-refractivity contribution < 1.29 is 13.9 Å². The number of fused-ring (bicyclic) bond motifs is 2. The van der Waals surface area contributed by atoms with Gasteiger partial charge in [0.2, 0.25) is 0 Å². The van der Waals surface area contributed by atoms with E-state index in [2.05, 4.69) is 25.3 Å². The van der Waals surface area contributed by atoms with Gasteiger partial charge in [0.05, 0.1) is 36.6 Å². The molecule has 0 aliphatic carbocycles. The summed E-state index contributed by atoms with van der Waals surface area (Å²) >= 11 is 0. The minimum absolute atomic E-state index is 0.0980. The van der Waals surface area contributed by atoms with E-state index in [1.54, 1.807) is 47.0 Å². The zero-order valence-corrected chi connectivity index (χ0v) is 17.8. The monoisotopic (exact) mass is 445 g/mol. The SMILES string of the molecule is COc1cccn2nc(C3c4nc[nH]c4CCN3C(=O)c3nnc(-c4cnn(C)c4)o3)cc12. The molecule has 1 unspecified atom stereocenters. The zero-order chi connectivity index (χ0) is 22.5. The highest BCUT2D eigenvalue weighted by Crippen LogP contribution is 2.35. The minimum atomic E-state index is -0.522. The molecule has 0 aromatic carbocycles. The molecule has 0 bridgehead atoms. The van der Waals surface area contributed by atoms with Crippen molar-refractivity contribution in [3.63, 3.8) is 0 Å². The van der Waals surface area contributed by atoms with E-state index in [4.69, 9.17) is 14.3 Å². The Hall–Kier alpha value is -4.48. The molecule has 12 nitrogen and oxygen atoms in total. The highest BCUT2D eigenvalue weighted by atomic mass is 16.5. The fraction of sp³-hybridized carbons (Fsp3) is 0.238. The lowest BCUT2D eigenvalue weighted by atomic mass is 9.99. The number of aryl methyl sites for hydroxylation is 1. The maximum absolute atomic E-state index is 13.5. The number of hydrogen-bond donors (Lipinski definition) is 1. The van der Waals surface area contributed by atoms with E-state index in [0.717, 1.165) is 16.9 Å². The molecule has 5 aromatic rings. The third kappa shape index (κ3) is 3.06. The van der Waals surface area contributed by atoms with Crippen LogP contribution in [0.1, 0.15) is 33.8 Å². The lowest BCUT2D eigenvalue weighted by molar-refractivity contribution is 0.0646. The second-order valence-electron chi connectivity index (χ2n) is 7.71. The van der Waals surface area contributed by atoms with Crippen LogP contribution in [0, 0.1) is 0 Å². The molecular formula is C21H19N9O3. The molecule has 6 rings (SSSR count). The Balaban J connectivity index is 1.41. The molecule has 1 aliphatic rings. The average molecular weight is 445 g/mol. The van der Waals surface area contributed by atoms with Crippen LogP contribution in [-0.4, -0.2) is 64.0 Å². The van der Waals surface area contributed by atoms with Gasteiger partial charge in [0.15, 0.2) is 0 Å². The molecule has 1 amide bonds. The molecule has 6 heterocycles. The topological polar surface area (TPSA) is 132 Å². The number of rotatable bonds is 4. The Labute approximate surface area is 186 Å². The van der Waals surface area contributed by atoms with Crippen molar-refractivity contribution in [3.05, 3.63) is 66.1 Å². The Bertz CT molecular complexity index is 1480. The lowest BCUT2D eigenvalue weighted by Gasteiger charge is -2.32. The van der Waals surface area contributed by atoms with Gasteiger partial charge in [-0.15, -0.1) is 10.2 Å². The van der Waals surface area contributed by atoms with Crippen LogP contribution in [0.2, 0.25) is 0 Å². The van der Waals surface area contributed by atoms with Gasteiger partial charge < -0.3 is 19.0 Å². The normalized spacial score (nSPS) is 15.7. The molecule has 0 spiro atoms. The smallest absolute Gasteiger partial charge is 0.312 e. The number of aromatic amines is 1. The maximum atomic E-state index is 13.5. The molecule has 12 heteroatoms. The quantitative estimate of drug-likeness (QED) is 0.441. The molecule has 0 saturated carbocycles. The van der Waals surface area contributed by atoms with Crippen LogP contribution in [0.4, 0.5) is 0 Å². The molecule has 0 saturated heterocycles. The van der Waals surface area contributed by atoms with Crippen LogP contribution in [0.5, 0.6) is 5.75 Å². The van der Waals surface area contributed by atoms with Gasteiger partial charge >= 0.3 is 11.8 Å². The molecule has 0 radical (unpaired) electrons. The van der Waals surface area contributed by atoms with E-state index in [-0.39, 0.29) is 17.7 Å². The molecule has 33 heavy (non-hydrogen) atoms. The van der Waals surface area contributed by atoms with Crippen LogP contribution < -0.4 is 4.74 Å². The minimum Gasteiger partial charge on any atom is -0.494 e. The zero-order valence-electron chi connectivity index (χ0n) is 17.8. The van der Waals surface area contributed by atoms with E-state index in [1.165, 1.54) is 0 Å². The number of H-pyrrole nitrogens is 1. The van der Waals surface area contributed by atoms with Gasteiger partial charge in [-0.25, -0.2) is 9.50 Å². The molecule has 1 aliphatic heterocycles. The van der Waals surface area contributed by atoms with Crippen molar-refractivity contribution in [1.82, 2.24) is 44.5 Å². The Morgan fingerprint density at radius 1 is 1.33 bits per heavy atom. The number of hydrogen-bond acceptors (Lipinski definition) is 8. The van der Waals surface area contributed by atoms with Crippen molar-refractivity contribution in [1.29, 1.82) is 0 Å². The van der Waals surface area contributed by atoms with Gasteiger partial charge in [-0.05, 0) is 18.2 Å². The number of carbonyl (C=O) groups is 1. The first-order valence-corrected chi connectivity index (χ1v) is 10.3. The Morgan fingerprint density at radius 3 is 3.06 bits per heavy atom. The van der Waals surface area contributed by atoms with Crippen LogP contribution in [0.3, 0.4) is 0 Å². The van der Waals surface area contributed by atoms with Gasteiger partial charge in [-0.2, -0.15) is 10.2 Å². The van der Waals surface area contributed by atoms with E-state index in [0.29, 0.717) is 30.0 Å². The first-order valence-electron chi connectivity index (χ1n) is 10.3. The third-order valence-electron chi connectivity index (χ3n) is 5.73. The van der Waals surface area contributed by atoms with Gasteiger partial charge in [0, 0.05) is 38.1 Å². The standard InChI is InChI=1S/C21H19N9O3/c1-28-10-12(9-24-28)19-25-26-20(33-19)21(31)29-7-5-13-17(23-11-22-13)18(29)14-8-15-16(32-2)4-3-6-30(15)27-14/h3-4,6,8-11,18H,5,7H2,1-2H3,(H,22,23). The van der Waals surface area contributed by atoms with E-state index >= 15 is 0 Å². The van der Waals surface area contributed by atoms with E-state index < -0.39 is 6.04 Å². The molecular weight excluding hydrogens is 426 g/mol. The van der Waals surface area contributed by atoms with Crippen LogP contribution in [-0.2, 0) is 13.5 Å². The van der Waals surface area contributed by atoms with Crippen molar-refractivity contribution in [2.75, 3.05) is 13.7 Å². The summed E-state index contributed by atoms with van der Waals surface area (Å²) in [5, 5.41) is 16.8. The van der Waals surface area contributed by atoms with E-state index in [9.17, 15) is 4.79 Å². The molecule has 1 atom stereocenters. The number of ether oxygens (including phenoxy) is 1. The molecule has 166 valence electrons. The van der Waals surface area contributed by atoms with Gasteiger partial charge in [0.25, 0.3) is 5.89 Å². The summed E-state index contributed by atoms with van der Waals surface area (Å²) in [5.74, 6) is 0.433. The summed E-state index contributed by atoms with van der Waals surface area (Å²) in [6.07, 6.45) is 7.43. The summed E-state index contributed by atoms with van der Waals surface area (Å²) in [6.45, 7) is 0.439. The first-order chi connectivity index (χ1) is 16.1. The molecule has 0 fully saturated rings. The summed E-state index contributed by atoms with van der Waals surface area (Å²) in [6, 6.07) is 5.10. The van der Waals surface area contributed by atoms with Crippen molar-refractivity contribution in [2.45, 2.75) is 12.5 Å². The number of amides is 1. The van der Waals surface area contributed by atoms with Crippen molar-refractivity contribution in [3.8, 4) is 17.2 Å². The van der Waals surface area contributed by atoms with Crippen LogP contribution >= 0.6 is 0 Å². The number of nitrogens with one attached hydrogen (secondary N) is 1. The summed E-state index contributed by atoms with van der Waals surface area (Å²) in [5.41, 5.74) is 3.80. The number of imidazole rings is 1. The van der Waals surface area contributed by atoms with Gasteiger partial charge in [0.1, 0.15) is 17.3 Å². The maximum Gasteiger partial charge on any atom is 0.312 e. The number of carbonyl (C=O) groups excluding carboxylic acids is 1. The fourth-order valence-corrected chi connectivity index (χ4v) is 4.19. The summed E-state index contributed by atoms with van der Waals surface area (Å²) in [4.78, 5) is 22.9. The lowest BCUT2D eigenvalue weighted by Crippen LogP contribution is -2.41. The van der Waals surface area contributed by atoms with Crippen molar-refractivity contribution >= 4 is 11.4 Å². The number of aromatic nitrogens is 8. The Kier molecular flexibility index (Phi) is 4.25. The second-order valence-corrected chi connectivity index (χ2v) is 7.71. The molecule has 1 N–H and O–H groups in total. The average Bonchev–Trinajstić information content (AvgIpc) is 3.62. The predicted octanol–water partition coefficient (Wildman–Crippen LogP) is 1.64. The number of pyridine rings is 1. The van der Waals surface area contributed by atoms with Crippen LogP contribution in [0.25, 0.3) is 17.0 Å². The third-order valence-corrected chi connectivity index (χ3v) is 5.73. The largest absolute Gasteiger partial charge is 0.494 e. The highest BCUT2D eigenvalue weighted by Gasteiger charge is 2.38. The van der Waals surface area contributed by atoms with Crippen molar-refractivity contribution in [2.24, 2.45) is 7.05 Å². The number of methoxy groups -OCH3 is 1. The summed E-state index contributed by atoms with van der Waals surface area (Å²) < 4.78 is 14.5. The number of nitrogens with zero attached hydrogens (tertiary/aromatic N) is 8. The van der Waals surface area contributed by atoms with Gasteiger partial charge in [-0.3, -0.25) is 9.48 Å². The Morgan fingerprint density at radius 2 is 2.24 bits per heavy atom. The van der Waals surface area contributed by atoms with E-state index in [1.807, 2.05) is 24.4 Å². The van der Waals surface area contributed by atoms with Crippen LogP contribution in [0.15, 0.2) is 47.5 Å². The second kappa shape index (κ2) is 7.29. The highest BCUT2D eigenvalue weighted by molar-refractivity contribution is 5.90. The predicted molar refractivity (Wildman–Crippen MR) is 113 cm³/mol. The molecule has 5 aromatic heterocycles. The fourth-order valence-electron chi connectivity index (χ4n) is 4.19. The first kappa shape index (κ1) is 19.2.